The number of hydrogen-bond donors (Lipinski definition) is 1. The summed E-state index contributed by atoms with van der Waals surface area (Å²) in [5.74, 6) is 0.390. The van der Waals surface area contributed by atoms with E-state index in [1.54, 1.807) is 25.1 Å². The minimum atomic E-state index is -0.518. The van der Waals surface area contributed by atoms with Gasteiger partial charge in [0, 0.05) is 37.0 Å². The third kappa shape index (κ3) is 3.11. The Hall–Kier alpha value is -3.03. The van der Waals surface area contributed by atoms with Crippen molar-refractivity contribution in [1.29, 1.82) is 0 Å². The van der Waals surface area contributed by atoms with Gasteiger partial charge in [0.1, 0.15) is 17.3 Å². The van der Waals surface area contributed by atoms with Crippen LogP contribution in [0.1, 0.15) is 21.6 Å². The minimum Gasteiger partial charge on any atom is -0.356 e. The first-order valence-electron chi connectivity index (χ1n) is 8.79. The highest BCUT2D eigenvalue weighted by Gasteiger charge is 2.56. The summed E-state index contributed by atoms with van der Waals surface area (Å²) < 4.78 is 13.9. The number of anilines is 1. The average Bonchev–Trinajstić information content (AvgIpc) is 3.05. The molecule has 27 heavy (non-hydrogen) atoms. The number of hydrogen-bond acceptors (Lipinski definition) is 5. The molecular weight excluding hydrogens is 351 g/mol. The summed E-state index contributed by atoms with van der Waals surface area (Å²) in [5.41, 5.74) is 1.30. The van der Waals surface area contributed by atoms with Gasteiger partial charge in [-0.3, -0.25) is 14.9 Å². The van der Waals surface area contributed by atoms with Crippen molar-refractivity contribution in [2.75, 3.05) is 18.0 Å². The van der Waals surface area contributed by atoms with E-state index >= 15 is 0 Å². The number of carbonyl (C=O) groups excluding carboxylic acids is 1. The number of nitrogens with zero attached hydrogens (tertiary/aromatic N) is 3. The second-order valence-electron chi connectivity index (χ2n) is 7.25. The summed E-state index contributed by atoms with van der Waals surface area (Å²) in [7, 11) is 0. The van der Waals surface area contributed by atoms with E-state index in [1.165, 1.54) is 12.1 Å². The lowest BCUT2D eigenvalue weighted by atomic mass is 10.1. The number of pyridine rings is 1. The van der Waals surface area contributed by atoms with Crippen molar-refractivity contribution in [1.82, 2.24) is 10.3 Å². The molecule has 2 aliphatic rings. The van der Waals surface area contributed by atoms with Crippen LogP contribution in [0.4, 0.5) is 15.9 Å². The number of rotatable bonds is 4. The lowest BCUT2D eigenvalue weighted by Crippen LogP contribution is -2.35. The van der Waals surface area contributed by atoms with Gasteiger partial charge in [-0.15, -0.1) is 0 Å². The molecule has 1 saturated heterocycles. The summed E-state index contributed by atoms with van der Waals surface area (Å²) in [6.07, 6.45) is 0. The molecule has 1 unspecified atom stereocenters. The van der Waals surface area contributed by atoms with Gasteiger partial charge in [-0.2, -0.15) is 0 Å². The third-order valence-electron chi connectivity index (χ3n) is 5.42. The topological polar surface area (TPSA) is 88.4 Å². The van der Waals surface area contributed by atoms with Gasteiger partial charge in [0.05, 0.1) is 10.5 Å². The summed E-state index contributed by atoms with van der Waals surface area (Å²) in [6, 6.07) is 7.66. The van der Waals surface area contributed by atoms with Crippen LogP contribution >= 0.6 is 0 Å². The molecule has 1 aliphatic heterocycles. The standard InChI is InChI=1S/C19H19FN4O3/c1-10-3-4-15(20)12(7-10)19(25)22-18-13-8-23(9-14(13)18)17-6-5-16(24(26)27)11(2)21-17/h3-7,13-14,18H,8-9H2,1-2H3,(H,22,25)/t13-,14+,18?. The van der Waals surface area contributed by atoms with Crippen molar-refractivity contribution >= 4 is 17.4 Å². The first-order chi connectivity index (χ1) is 12.8. The van der Waals surface area contributed by atoms with E-state index in [9.17, 15) is 19.3 Å². The van der Waals surface area contributed by atoms with Crippen LogP contribution in [0.5, 0.6) is 0 Å². The fraction of sp³-hybridized carbons (Fsp3) is 0.368. The number of nitro groups is 1. The number of aromatic nitrogens is 1. The van der Waals surface area contributed by atoms with Crippen LogP contribution in [0, 0.1) is 41.6 Å². The van der Waals surface area contributed by atoms with E-state index in [2.05, 4.69) is 15.2 Å². The smallest absolute Gasteiger partial charge is 0.290 e. The molecule has 1 aromatic heterocycles. The zero-order valence-electron chi connectivity index (χ0n) is 15.0. The summed E-state index contributed by atoms with van der Waals surface area (Å²) in [4.78, 5) is 29.2. The second-order valence-corrected chi connectivity index (χ2v) is 7.25. The predicted octanol–water partition coefficient (Wildman–Crippen LogP) is 2.61. The van der Waals surface area contributed by atoms with Crippen LogP contribution in [0.15, 0.2) is 30.3 Å². The molecular formula is C19H19FN4O3. The quantitative estimate of drug-likeness (QED) is 0.660. The number of amides is 1. The first kappa shape index (κ1) is 17.4. The Bertz CT molecular complexity index is 937. The average molecular weight is 370 g/mol. The molecule has 1 N–H and O–H groups in total. The molecule has 2 aromatic rings. The molecule has 7 nitrogen and oxygen atoms in total. The van der Waals surface area contributed by atoms with Gasteiger partial charge in [-0.1, -0.05) is 11.6 Å². The van der Waals surface area contributed by atoms with Gasteiger partial charge < -0.3 is 10.2 Å². The number of piperidine rings is 1. The fourth-order valence-corrected chi connectivity index (χ4v) is 3.88. The van der Waals surface area contributed by atoms with Gasteiger partial charge in [0.25, 0.3) is 11.6 Å². The molecule has 1 saturated carbocycles. The monoisotopic (exact) mass is 370 g/mol. The SMILES string of the molecule is Cc1ccc(F)c(C(=O)NC2[C@H]3CN(c4ccc([N+](=O)[O-])c(C)n4)C[C@@H]23)c1. The third-order valence-corrected chi connectivity index (χ3v) is 5.42. The number of benzene rings is 1. The lowest BCUT2D eigenvalue weighted by molar-refractivity contribution is -0.385. The number of halogens is 1. The van der Waals surface area contributed by atoms with Gasteiger partial charge in [-0.05, 0) is 32.0 Å². The Labute approximate surface area is 155 Å². The van der Waals surface area contributed by atoms with E-state index in [0.717, 1.165) is 18.7 Å². The Morgan fingerprint density at radius 2 is 1.96 bits per heavy atom. The van der Waals surface area contributed by atoms with Crippen molar-refractivity contribution in [3.8, 4) is 0 Å². The largest absolute Gasteiger partial charge is 0.356 e. The first-order valence-corrected chi connectivity index (χ1v) is 8.79. The summed E-state index contributed by atoms with van der Waals surface area (Å²) in [5, 5.41) is 13.8. The molecule has 0 spiro atoms. The number of aryl methyl sites for hydroxylation is 2. The second kappa shape index (κ2) is 6.29. The number of carbonyl (C=O) groups is 1. The molecule has 0 bridgehead atoms. The molecule has 1 amide bonds. The number of nitrogens with one attached hydrogen (secondary N) is 1. The highest BCUT2D eigenvalue weighted by Crippen LogP contribution is 2.46. The fourth-order valence-electron chi connectivity index (χ4n) is 3.88. The summed E-state index contributed by atoms with van der Waals surface area (Å²) >= 11 is 0. The maximum atomic E-state index is 13.9. The van der Waals surface area contributed by atoms with Crippen molar-refractivity contribution < 1.29 is 14.1 Å². The molecule has 1 aliphatic carbocycles. The maximum Gasteiger partial charge on any atom is 0.290 e. The van der Waals surface area contributed by atoms with E-state index in [0.29, 0.717) is 23.3 Å². The molecule has 0 radical (unpaired) electrons. The lowest BCUT2D eigenvalue weighted by Gasteiger charge is -2.21. The van der Waals surface area contributed by atoms with Gasteiger partial charge in [-0.25, -0.2) is 9.37 Å². The van der Waals surface area contributed by atoms with Crippen LogP contribution in [-0.4, -0.2) is 34.9 Å². The molecule has 3 atom stereocenters. The van der Waals surface area contributed by atoms with Crippen molar-refractivity contribution in [3.63, 3.8) is 0 Å². The van der Waals surface area contributed by atoms with Crippen molar-refractivity contribution in [2.24, 2.45) is 11.8 Å². The van der Waals surface area contributed by atoms with E-state index in [4.69, 9.17) is 0 Å². The molecule has 1 aromatic carbocycles. The normalized spacial score (nSPS) is 23.1. The van der Waals surface area contributed by atoms with E-state index in [-0.39, 0.29) is 23.2 Å². The Balaban J connectivity index is 1.39. The predicted molar refractivity (Wildman–Crippen MR) is 97.2 cm³/mol. The van der Waals surface area contributed by atoms with Gasteiger partial charge in [0.15, 0.2) is 0 Å². The molecule has 2 heterocycles. The van der Waals surface area contributed by atoms with Crippen molar-refractivity contribution in [2.45, 2.75) is 19.9 Å². The van der Waals surface area contributed by atoms with Crippen molar-refractivity contribution in [3.05, 3.63) is 63.1 Å². The minimum absolute atomic E-state index is 0.00780. The number of fused-ring (bicyclic) bond motifs is 1. The van der Waals surface area contributed by atoms with Crippen LogP contribution in [0.25, 0.3) is 0 Å². The summed E-state index contributed by atoms with van der Waals surface area (Å²) in [6.45, 7) is 4.88. The Morgan fingerprint density at radius 1 is 1.26 bits per heavy atom. The zero-order chi connectivity index (χ0) is 19.3. The van der Waals surface area contributed by atoms with Crippen LogP contribution in [-0.2, 0) is 0 Å². The molecule has 8 heteroatoms. The Kier molecular flexibility index (Phi) is 4.05. The highest BCUT2D eigenvalue weighted by molar-refractivity contribution is 5.95. The molecule has 140 valence electrons. The van der Waals surface area contributed by atoms with E-state index in [1.807, 2.05) is 6.92 Å². The Morgan fingerprint density at radius 3 is 2.59 bits per heavy atom. The maximum absolute atomic E-state index is 13.9. The van der Waals surface area contributed by atoms with Crippen LogP contribution in [0.2, 0.25) is 0 Å². The van der Waals surface area contributed by atoms with E-state index < -0.39 is 10.7 Å². The van der Waals surface area contributed by atoms with Crippen LogP contribution in [0.3, 0.4) is 0 Å². The molecule has 2 fully saturated rings. The zero-order valence-corrected chi connectivity index (χ0v) is 15.0. The van der Waals surface area contributed by atoms with Crippen LogP contribution < -0.4 is 10.2 Å². The van der Waals surface area contributed by atoms with Gasteiger partial charge >= 0.3 is 0 Å². The van der Waals surface area contributed by atoms with Gasteiger partial charge in [0.2, 0.25) is 0 Å². The highest BCUT2D eigenvalue weighted by atomic mass is 19.1. The molecule has 4 rings (SSSR count).